The van der Waals surface area contributed by atoms with Crippen LogP contribution in [0, 0.1) is 12.3 Å². The molecule has 1 aromatic rings. The van der Waals surface area contributed by atoms with Gasteiger partial charge in [0.2, 0.25) is 0 Å². The zero-order chi connectivity index (χ0) is 10.8. The maximum atomic E-state index is 11.2. The van der Waals surface area contributed by atoms with E-state index in [4.69, 9.17) is 6.42 Å². The van der Waals surface area contributed by atoms with Gasteiger partial charge in [0.15, 0.2) is 0 Å². The van der Waals surface area contributed by atoms with Crippen LogP contribution in [-0.4, -0.2) is 15.5 Å². The highest BCUT2D eigenvalue weighted by Crippen LogP contribution is 2.17. The van der Waals surface area contributed by atoms with Crippen LogP contribution in [0.2, 0.25) is 0 Å². The third-order valence-electron chi connectivity index (χ3n) is 1.59. The van der Waals surface area contributed by atoms with E-state index in [-0.39, 0.29) is 5.56 Å². The Kier molecular flexibility index (Phi) is 2.96. The second-order valence-corrected chi connectivity index (χ2v) is 4.08. The maximum Gasteiger partial charge on any atom is 0.267 e. The molecule has 0 unspecified atom stereocenters. The third kappa shape index (κ3) is 2.36. The standard InChI is InChI=1S/C9H10BrN3O/c1-4-9(2,3)13-7-6(10)8(14)12-5-11-7/h1,5H,2-3H3,(H2,11,12,13,14). The number of hydrogen-bond acceptors (Lipinski definition) is 3. The van der Waals surface area contributed by atoms with Gasteiger partial charge in [0, 0.05) is 0 Å². The van der Waals surface area contributed by atoms with Crippen LogP contribution in [0.15, 0.2) is 15.6 Å². The van der Waals surface area contributed by atoms with Gasteiger partial charge in [-0.3, -0.25) is 4.79 Å². The van der Waals surface area contributed by atoms with Crippen molar-refractivity contribution in [2.24, 2.45) is 0 Å². The highest BCUT2D eigenvalue weighted by molar-refractivity contribution is 9.10. The first-order chi connectivity index (χ1) is 6.46. The lowest BCUT2D eigenvalue weighted by atomic mass is 10.1. The van der Waals surface area contributed by atoms with Crippen LogP contribution in [0.3, 0.4) is 0 Å². The molecule has 1 rings (SSSR count). The molecule has 0 saturated carbocycles. The minimum atomic E-state index is -0.538. The van der Waals surface area contributed by atoms with E-state index in [2.05, 4.69) is 37.1 Å². The van der Waals surface area contributed by atoms with Crippen LogP contribution in [0.25, 0.3) is 0 Å². The molecule has 0 aliphatic rings. The van der Waals surface area contributed by atoms with Gasteiger partial charge in [-0.2, -0.15) is 0 Å². The summed E-state index contributed by atoms with van der Waals surface area (Å²) in [7, 11) is 0. The number of hydrogen-bond donors (Lipinski definition) is 2. The fourth-order valence-electron chi connectivity index (χ4n) is 0.802. The summed E-state index contributed by atoms with van der Waals surface area (Å²) in [6.45, 7) is 3.64. The van der Waals surface area contributed by atoms with E-state index in [9.17, 15) is 4.79 Å². The Hall–Kier alpha value is -1.28. The van der Waals surface area contributed by atoms with Crippen molar-refractivity contribution in [2.75, 3.05) is 5.32 Å². The summed E-state index contributed by atoms with van der Waals surface area (Å²) in [5.41, 5.74) is -0.779. The molecule has 0 amide bonds. The monoisotopic (exact) mass is 255 g/mol. The molecule has 0 saturated heterocycles. The van der Waals surface area contributed by atoms with Gasteiger partial charge >= 0.3 is 0 Å². The normalized spacial score (nSPS) is 10.7. The lowest BCUT2D eigenvalue weighted by Crippen LogP contribution is -2.30. The molecule has 0 atom stereocenters. The number of anilines is 1. The minimum Gasteiger partial charge on any atom is -0.353 e. The average molecular weight is 256 g/mol. The molecular weight excluding hydrogens is 246 g/mol. The molecule has 0 aliphatic carbocycles. The van der Waals surface area contributed by atoms with Gasteiger partial charge in [-0.1, -0.05) is 5.92 Å². The van der Waals surface area contributed by atoms with Crippen molar-refractivity contribution < 1.29 is 0 Å². The fraction of sp³-hybridized carbons (Fsp3) is 0.333. The smallest absolute Gasteiger partial charge is 0.267 e. The van der Waals surface area contributed by atoms with Gasteiger partial charge in [0.05, 0.1) is 11.9 Å². The molecule has 1 aromatic heterocycles. The Labute approximate surface area is 90.3 Å². The van der Waals surface area contributed by atoms with Gasteiger partial charge in [-0.05, 0) is 29.8 Å². The predicted molar refractivity (Wildman–Crippen MR) is 59.1 cm³/mol. The summed E-state index contributed by atoms with van der Waals surface area (Å²) >= 11 is 3.12. The first kappa shape index (κ1) is 10.8. The van der Waals surface area contributed by atoms with E-state index in [0.717, 1.165) is 0 Å². The molecule has 0 aromatic carbocycles. The maximum absolute atomic E-state index is 11.2. The number of nitrogens with one attached hydrogen (secondary N) is 2. The highest BCUT2D eigenvalue weighted by Gasteiger charge is 2.16. The van der Waals surface area contributed by atoms with Crippen molar-refractivity contribution in [1.29, 1.82) is 0 Å². The molecule has 0 aliphatic heterocycles. The summed E-state index contributed by atoms with van der Waals surface area (Å²) < 4.78 is 0.350. The summed E-state index contributed by atoms with van der Waals surface area (Å²) in [4.78, 5) is 17.6. The first-order valence-electron chi connectivity index (χ1n) is 3.95. The topological polar surface area (TPSA) is 57.8 Å². The first-order valence-corrected chi connectivity index (χ1v) is 4.75. The van der Waals surface area contributed by atoms with Gasteiger partial charge in [0.25, 0.3) is 5.56 Å². The summed E-state index contributed by atoms with van der Waals surface area (Å²) in [6, 6.07) is 0. The fourth-order valence-corrected chi connectivity index (χ4v) is 1.12. The number of aromatic amines is 1. The van der Waals surface area contributed by atoms with Crippen LogP contribution in [-0.2, 0) is 0 Å². The van der Waals surface area contributed by atoms with E-state index in [1.807, 2.05) is 13.8 Å². The van der Waals surface area contributed by atoms with Gasteiger partial charge in [-0.15, -0.1) is 6.42 Å². The van der Waals surface area contributed by atoms with Crippen LogP contribution >= 0.6 is 15.9 Å². The Morgan fingerprint density at radius 1 is 1.71 bits per heavy atom. The lowest BCUT2D eigenvalue weighted by Gasteiger charge is -2.20. The molecule has 74 valence electrons. The Bertz CT molecular complexity index is 430. The molecule has 0 bridgehead atoms. The van der Waals surface area contributed by atoms with Gasteiger partial charge in [0.1, 0.15) is 10.3 Å². The number of halogens is 1. The van der Waals surface area contributed by atoms with Crippen molar-refractivity contribution in [1.82, 2.24) is 9.97 Å². The lowest BCUT2D eigenvalue weighted by molar-refractivity contribution is 0.733. The zero-order valence-corrected chi connectivity index (χ0v) is 9.47. The number of H-pyrrole nitrogens is 1. The Balaban J connectivity index is 3.06. The molecule has 5 heteroatoms. The number of terminal acetylenes is 1. The molecule has 2 N–H and O–H groups in total. The van der Waals surface area contributed by atoms with E-state index >= 15 is 0 Å². The Morgan fingerprint density at radius 3 is 2.93 bits per heavy atom. The summed E-state index contributed by atoms with van der Waals surface area (Å²) in [5.74, 6) is 2.99. The van der Waals surface area contributed by atoms with Crippen molar-refractivity contribution in [3.05, 3.63) is 21.2 Å². The predicted octanol–water partition coefficient (Wildman–Crippen LogP) is 1.36. The summed E-state index contributed by atoms with van der Waals surface area (Å²) in [6.07, 6.45) is 6.62. The number of rotatable bonds is 2. The van der Waals surface area contributed by atoms with Crippen molar-refractivity contribution >= 4 is 21.7 Å². The summed E-state index contributed by atoms with van der Waals surface area (Å²) in [5, 5.41) is 2.96. The Morgan fingerprint density at radius 2 is 2.36 bits per heavy atom. The SMILES string of the molecule is C#CC(C)(C)Nc1nc[nH]c(=O)c1Br. The minimum absolute atomic E-state index is 0.240. The molecule has 1 heterocycles. The molecular formula is C9H10BrN3O. The molecule has 0 fully saturated rings. The second kappa shape index (κ2) is 3.84. The largest absolute Gasteiger partial charge is 0.353 e. The number of aromatic nitrogens is 2. The van der Waals surface area contributed by atoms with Gasteiger partial charge < -0.3 is 10.3 Å². The zero-order valence-electron chi connectivity index (χ0n) is 7.89. The van der Waals surface area contributed by atoms with Crippen LogP contribution in [0.1, 0.15) is 13.8 Å². The molecule has 14 heavy (non-hydrogen) atoms. The van der Waals surface area contributed by atoms with Gasteiger partial charge in [-0.25, -0.2) is 4.98 Å². The highest BCUT2D eigenvalue weighted by atomic mass is 79.9. The van der Waals surface area contributed by atoms with E-state index in [1.54, 1.807) is 0 Å². The van der Waals surface area contributed by atoms with Crippen molar-refractivity contribution in [3.63, 3.8) is 0 Å². The molecule has 4 nitrogen and oxygen atoms in total. The van der Waals surface area contributed by atoms with E-state index < -0.39 is 5.54 Å². The molecule has 0 spiro atoms. The van der Waals surface area contributed by atoms with Crippen LogP contribution in [0.4, 0.5) is 5.82 Å². The van der Waals surface area contributed by atoms with E-state index in [0.29, 0.717) is 10.3 Å². The molecule has 0 radical (unpaired) electrons. The number of nitrogens with zero attached hydrogens (tertiary/aromatic N) is 1. The second-order valence-electron chi connectivity index (χ2n) is 3.29. The average Bonchev–Trinajstić information content (AvgIpc) is 2.13. The quantitative estimate of drug-likeness (QED) is 0.785. The third-order valence-corrected chi connectivity index (χ3v) is 2.32. The van der Waals surface area contributed by atoms with Crippen molar-refractivity contribution in [3.8, 4) is 12.3 Å². The van der Waals surface area contributed by atoms with Crippen LogP contribution < -0.4 is 10.9 Å². The van der Waals surface area contributed by atoms with Crippen LogP contribution in [0.5, 0.6) is 0 Å². The van der Waals surface area contributed by atoms with E-state index in [1.165, 1.54) is 6.33 Å². The van der Waals surface area contributed by atoms with Crippen molar-refractivity contribution in [2.45, 2.75) is 19.4 Å².